The Morgan fingerprint density at radius 2 is 2.06 bits per heavy atom. The molecule has 0 amide bonds. The average Bonchev–Trinajstić information content (AvgIpc) is 2.77. The SMILES string of the molecule is CCC(N)C(OC(C)C(C)C)c1ccsc1. The zero-order valence-corrected chi connectivity index (χ0v) is 11.5. The van der Waals surface area contributed by atoms with Crippen LogP contribution in [0.1, 0.15) is 45.8 Å². The lowest BCUT2D eigenvalue weighted by molar-refractivity contribution is -0.0393. The minimum Gasteiger partial charge on any atom is -0.369 e. The van der Waals surface area contributed by atoms with E-state index in [4.69, 9.17) is 10.5 Å². The van der Waals surface area contributed by atoms with Gasteiger partial charge >= 0.3 is 0 Å². The minimum atomic E-state index is 0.0358. The average molecular weight is 241 g/mol. The van der Waals surface area contributed by atoms with Crippen LogP contribution in [0.3, 0.4) is 0 Å². The molecule has 0 aliphatic heterocycles. The molecule has 3 unspecified atom stereocenters. The molecule has 92 valence electrons. The van der Waals surface area contributed by atoms with Crippen LogP contribution >= 0.6 is 11.3 Å². The van der Waals surface area contributed by atoms with Gasteiger partial charge in [-0.05, 0) is 41.7 Å². The summed E-state index contributed by atoms with van der Waals surface area (Å²) in [5.41, 5.74) is 7.35. The predicted molar refractivity (Wildman–Crippen MR) is 70.7 cm³/mol. The van der Waals surface area contributed by atoms with E-state index in [-0.39, 0.29) is 18.2 Å². The van der Waals surface area contributed by atoms with Crippen LogP contribution in [0.5, 0.6) is 0 Å². The van der Waals surface area contributed by atoms with Crippen LogP contribution in [0.4, 0.5) is 0 Å². The fraction of sp³-hybridized carbons (Fsp3) is 0.692. The summed E-state index contributed by atoms with van der Waals surface area (Å²) in [7, 11) is 0. The molecule has 1 heterocycles. The summed E-state index contributed by atoms with van der Waals surface area (Å²) in [5.74, 6) is 0.519. The van der Waals surface area contributed by atoms with Gasteiger partial charge in [0.05, 0.1) is 12.2 Å². The van der Waals surface area contributed by atoms with Crippen molar-refractivity contribution in [2.75, 3.05) is 0 Å². The Kier molecular flexibility index (Phi) is 5.46. The number of rotatable bonds is 6. The highest BCUT2D eigenvalue weighted by Crippen LogP contribution is 2.27. The van der Waals surface area contributed by atoms with Crippen molar-refractivity contribution in [1.82, 2.24) is 0 Å². The molecule has 0 aromatic carbocycles. The van der Waals surface area contributed by atoms with E-state index in [9.17, 15) is 0 Å². The van der Waals surface area contributed by atoms with Crippen LogP contribution in [0.15, 0.2) is 16.8 Å². The summed E-state index contributed by atoms with van der Waals surface area (Å²) in [6.45, 7) is 8.57. The minimum absolute atomic E-state index is 0.0358. The molecule has 0 saturated carbocycles. The van der Waals surface area contributed by atoms with Gasteiger partial charge in [-0.2, -0.15) is 11.3 Å². The fourth-order valence-electron chi connectivity index (χ4n) is 1.47. The lowest BCUT2D eigenvalue weighted by Gasteiger charge is -2.28. The molecule has 16 heavy (non-hydrogen) atoms. The van der Waals surface area contributed by atoms with Crippen LogP contribution in [0, 0.1) is 5.92 Å². The van der Waals surface area contributed by atoms with Gasteiger partial charge in [0.1, 0.15) is 0 Å². The van der Waals surface area contributed by atoms with Crippen LogP contribution in [0.25, 0.3) is 0 Å². The monoisotopic (exact) mass is 241 g/mol. The van der Waals surface area contributed by atoms with Crippen LogP contribution in [-0.2, 0) is 4.74 Å². The number of thiophene rings is 1. The molecular formula is C13H23NOS. The highest BCUT2D eigenvalue weighted by Gasteiger charge is 2.23. The van der Waals surface area contributed by atoms with Crippen LogP contribution < -0.4 is 5.73 Å². The van der Waals surface area contributed by atoms with Gasteiger partial charge in [-0.15, -0.1) is 0 Å². The zero-order chi connectivity index (χ0) is 12.1. The van der Waals surface area contributed by atoms with E-state index in [0.29, 0.717) is 5.92 Å². The lowest BCUT2D eigenvalue weighted by Crippen LogP contribution is -2.32. The Hall–Kier alpha value is -0.380. The summed E-state index contributed by atoms with van der Waals surface area (Å²) in [6.07, 6.45) is 1.21. The molecule has 1 aromatic heterocycles. The standard InChI is InChI=1S/C13H23NOS/c1-5-12(14)13(11-6-7-16-8-11)15-10(4)9(2)3/h6-10,12-13H,5,14H2,1-4H3. The summed E-state index contributed by atoms with van der Waals surface area (Å²) < 4.78 is 6.09. The largest absolute Gasteiger partial charge is 0.369 e. The quantitative estimate of drug-likeness (QED) is 0.826. The topological polar surface area (TPSA) is 35.2 Å². The highest BCUT2D eigenvalue weighted by atomic mass is 32.1. The molecule has 0 radical (unpaired) electrons. The van der Waals surface area contributed by atoms with Crippen molar-refractivity contribution in [2.45, 2.75) is 52.4 Å². The van der Waals surface area contributed by atoms with Crippen molar-refractivity contribution in [2.24, 2.45) is 11.7 Å². The number of hydrogen-bond acceptors (Lipinski definition) is 3. The molecule has 0 spiro atoms. The lowest BCUT2D eigenvalue weighted by atomic mass is 10.0. The molecule has 3 heteroatoms. The molecule has 0 fully saturated rings. The van der Waals surface area contributed by atoms with E-state index in [0.717, 1.165) is 6.42 Å². The van der Waals surface area contributed by atoms with Gasteiger partial charge in [0.2, 0.25) is 0 Å². The van der Waals surface area contributed by atoms with Gasteiger partial charge in [-0.25, -0.2) is 0 Å². The molecule has 0 bridgehead atoms. The van der Waals surface area contributed by atoms with Crippen LogP contribution in [-0.4, -0.2) is 12.1 Å². The molecular weight excluding hydrogens is 218 g/mol. The molecule has 0 aliphatic rings. The van der Waals surface area contributed by atoms with Crippen LogP contribution in [0.2, 0.25) is 0 Å². The molecule has 1 rings (SSSR count). The maximum atomic E-state index is 6.14. The smallest absolute Gasteiger partial charge is 0.0987 e. The molecule has 2 nitrogen and oxygen atoms in total. The number of ether oxygens (including phenoxy) is 1. The molecule has 2 N–H and O–H groups in total. The highest BCUT2D eigenvalue weighted by molar-refractivity contribution is 7.07. The molecule has 0 aliphatic carbocycles. The van der Waals surface area contributed by atoms with Crippen molar-refractivity contribution in [3.8, 4) is 0 Å². The van der Waals surface area contributed by atoms with Gasteiger partial charge in [0, 0.05) is 6.04 Å². The number of nitrogens with two attached hydrogens (primary N) is 1. The van der Waals surface area contributed by atoms with Crippen molar-refractivity contribution in [1.29, 1.82) is 0 Å². The van der Waals surface area contributed by atoms with Gasteiger partial charge in [-0.1, -0.05) is 20.8 Å². The van der Waals surface area contributed by atoms with Gasteiger partial charge in [0.25, 0.3) is 0 Å². The van der Waals surface area contributed by atoms with Gasteiger partial charge in [-0.3, -0.25) is 0 Å². The second kappa shape index (κ2) is 6.38. The first-order chi connectivity index (χ1) is 7.56. The van der Waals surface area contributed by atoms with E-state index in [1.54, 1.807) is 11.3 Å². The predicted octanol–water partition coefficient (Wildman–Crippen LogP) is 3.59. The Balaban J connectivity index is 2.73. The van der Waals surface area contributed by atoms with E-state index < -0.39 is 0 Å². The second-order valence-corrected chi connectivity index (χ2v) is 5.41. The zero-order valence-electron chi connectivity index (χ0n) is 10.6. The summed E-state index contributed by atoms with van der Waals surface area (Å²) in [5, 5.41) is 4.21. The summed E-state index contributed by atoms with van der Waals surface area (Å²) in [4.78, 5) is 0. The van der Waals surface area contributed by atoms with Gasteiger partial charge < -0.3 is 10.5 Å². The maximum Gasteiger partial charge on any atom is 0.0987 e. The Morgan fingerprint density at radius 3 is 2.50 bits per heavy atom. The third kappa shape index (κ3) is 3.58. The van der Waals surface area contributed by atoms with E-state index in [1.165, 1.54) is 5.56 Å². The number of hydrogen-bond donors (Lipinski definition) is 1. The first-order valence-electron chi connectivity index (χ1n) is 5.99. The Morgan fingerprint density at radius 1 is 1.38 bits per heavy atom. The Bertz CT molecular complexity index is 284. The Labute approximate surface area is 103 Å². The van der Waals surface area contributed by atoms with Crippen molar-refractivity contribution in [3.05, 3.63) is 22.4 Å². The first kappa shape index (κ1) is 13.7. The second-order valence-electron chi connectivity index (χ2n) is 4.63. The third-order valence-electron chi connectivity index (χ3n) is 3.03. The fourth-order valence-corrected chi connectivity index (χ4v) is 2.15. The molecule has 3 atom stereocenters. The van der Waals surface area contributed by atoms with Crippen molar-refractivity contribution >= 4 is 11.3 Å². The normalized spacial score (nSPS) is 17.4. The van der Waals surface area contributed by atoms with E-state index in [1.807, 2.05) is 0 Å². The summed E-state index contributed by atoms with van der Waals surface area (Å²) >= 11 is 1.70. The maximum absolute atomic E-state index is 6.14. The molecule has 0 saturated heterocycles. The molecule has 1 aromatic rings. The van der Waals surface area contributed by atoms with E-state index >= 15 is 0 Å². The van der Waals surface area contributed by atoms with Crippen molar-refractivity contribution < 1.29 is 4.74 Å². The summed E-state index contributed by atoms with van der Waals surface area (Å²) in [6, 6.07) is 2.19. The third-order valence-corrected chi connectivity index (χ3v) is 3.73. The van der Waals surface area contributed by atoms with E-state index in [2.05, 4.69) is 44.5 Å². The first-order valence-corrected chi connectivity index (χ1v) is 6.93. The van der Waals surface area contributed by atoms with Gasteiger partial charge in [0.15, 0.2) is 0 Å². The van der Waals surface area contributed by atoms with Crippen molar-refractivity contribution in [3.63, 3.8) is 0 Å².